The van der Waals surface area contributed by atoms with Crippen LogP contribution in [0.2, 0.25) is 0 Å². The molecule has 0 spiro atoms. The summed E-state index contributed by atoms with van der Waals surface area (Å²) in [5.41, 5.74) is 0. The number of hydrogen-bond acceptors (Lipinski definition) is 0. The van der Waals surface area contributed by atoms with Crippen molar-refractivity contribution in [3.05, 3.63) is 7.43 Å². The van der Waals surface area contributed by atoms with Gasteiger partial charge in [0, 0.05) is 52.8 Å². The molecule has 0 N–H and O–H groups in total. The Labute approximate surface area is 53.0 Å². The second-order valence-electron chi connectivity index (χ2n) is 0. The fourth-order valence-electron chi connectivity index (χ4n) is 0. The van der Waals surface area contributed by atoms with E-state index in [1.54, 1.807) is 0 Å². The molecule has 0 nitrogen and oxygen atoms in total. The van der Waals surface area contributed by atoms with Gasteiger partial charge in [0.1, 0.15) is 0 Å². The maximum Gasteiger partial charge on any atom is 0 e. The summed E-state index contributed by atoms with van der Waals surface area (Å²) in [5, 5.41) is 0. The van der Waals surface area contributed by atoms with Crippen LogP contribution in [0.25, 0.3) is 0 Å². The summed E-state index contributed by atoms with van der Waals surface area (Å²) in [7, 11) is 0. The topological polar surface area (TPSA) is 0 Å². The third-order valence-corrected chi connectivity index (χ3v) is 0. The molecular formula is CAlFeSi. The van der Waals surface area contributed by atoms with Crippen LogP contribution in [0.4, 0.5) is 0 Å². The van der Waals surface area contributed by atoms with Crippen molar-refractivity contribution >= 4 is 28.3 Å². The van der Waals surface area contributed by atoms with Gasteiger partial charge in [-0.1, -0.05) is 0 Å². The molecule has 19 valence electrons. The Morgan fingerprint density at radius 2 is 1.00 bits per heavy atom. The molecule has 0 amide bonds. The van der Waals surface area contributed by atoms with Crippen LogP contribution in [0.1, 0.15) is 0 Å². The van der Waals surface area contributed by atoms with E-state index in [-0.39, 0.29) is 52.8 Å². The average Bonchev–Trinajstić information content (AvgIpc) is 0. The first-order chi connectivity index (χ1) is 0. The zero-order chi connectivity index (χ0) is 0. The van der Waals surface area contributed by atoms with Crippen LogP contribution in [0.5, 0.6) is 0 Å². The molecule has 0 saturated carbocycles. The minimum absolute atomic E-state index is 0. The van der Waals surface area contributed by atoms with Crippen LogP contribution < -0.4 is 0 Å². The SMILES string of the molecule is [Al].[C].[Fe].[Si]. The minimum atomic E-state index is 0. The molecule has 0 aliphatic carbocycles. The summed E-state index contributed by atoms with van der Waals surface area (Å²) in [6.45, 7) is 0. The fourth-order valence-corrected chi connectivity index (χ4v) is 0. The van der Waals surface area contributed by atoms with Crippen molar-refractivity contribution in [2.75, 3.05) is 0 Å². The predicted octanol–water partition coefficient (Wildman–Crippen LogP) is -0.683. The third kappa shape index (κ3) is 10.5. The third-order valence-electron chi connectivity index (χ3n) is 0. The molecule has 0 heterocycles. The van der Waals surface area contributed by atoms with E-state index in [0.29, 0.717) is 0 Å². The van der Waals surface area contributed by atoms with Gasteiger partial charge in [-0.25, -0.2) is 0 Å². The quantitative estimate of drug-likeness (QED) is 0.374. The smallest absolute Gasteiger partial charge is 0 e. The molecule has 0 saturated heterocycles. The summed E-state index contributed by atoms with van der Waals surface area (Å²) in [4.78, 5) is 0. The first-order valence-corrected chi connectivity index (χ1v) is 0. The summed E-state index contributed by atoms with van der Waals surface area (Å²) in [6.07, 6.45) is 0. The first-order valence-electron chi connectivity index (χ1n) is 0. The van der Waals surface area contributed by atoms with Crippen LogP contribution in [-0.2, 0) is 17.1 Å². The molecular weight excluding hydrogens is 123 g/mol. The van der Waals surface area contributed by atoms with Crippen molar-refractivity contribution in [2.24, 2.45) is 0 Å². The Kier molecular flexibility index (Phi) is 422. The molecule has 0 aromatic rings. The van der Waals surface area contributed by atoms with E-state index in [9.17, 15) is 0 Å². The Hall–Kier alpha value is 1.27. The van der Waals surface area contributed by atoms with Crippen LogP contribution in [0.3, 0.4) is 0 Å². The standard InChI is InChI=1S/C.Al.Fe.Si. The van der Waals surface area contributed by atoms with Crippen LogP contribution in [0, 0.1) is 7.43 Å². The molecule has 0 fully saturated rings. The summed E-state index contributed by atoms with van der Waals surface area (Å²) in [6, 6.07) is 0. The Morgan fingerprint density at radius 3 is 1.00 bits per heavy atom. The largest absolute Gasteiger partial charge is 0 e. The van der Waals surface area contributed by atoms with Crippen molar-refractivity contribution in [2.45, 2.75) is 0 Å². The molecule has 0 aliphatic heterocycles. The van der Waals surface area contributed by atoms with Gasteiger partial charge in [0.05, 0.1) is 0 Å². The predicted molar refractivity (Wildman–Crippen MR) is 14.8 cm³/mol. The van der Waals surface area contributed by atoms with Gasteiger partial charge in [0.2, 0.25) is 0 Å². The van der Waals surface area contributed by atoms with Crippen molar-refractivity contribution in [3.8, 4) is 0 Å². The Bertz CT molecular complexity index is 8.00. The molecule has 0 unspecified atom stereocenters. The molecule has 0 aliphatic rings. The first kappa shape index (κ1) is 59.6. The molecule has 0 bridgehead atoms. The molecule has 0 rings (SSSR count). The maximum absolute atomic E-state index is 0. The van der Waals surface area contributed by atoms with Crippen molar-refractivity contribution in [1.29, 1.82) is 0 Å². The molecule has 0 atom stereocenters. The number of rotatable bonds is 0. The van der Waals surface area contributed by atoms with Gasteiger partial charge in [-0.15, -0.1) is 0 Å². The molecule has 0 aromatic heterocycles. The van der Waals surface area contributed by atoms with Crippen LogP contribution in [-0.4, -0.2) is 28.3 Å². The van der Waals surface area contributed by atoms with Gasteiger partial charge in [-0.2, -0.15) is 0 Å². The van der Waals surface area contributed by atoms with E-state index in [1.165, 1.54) is 0 Å². The van der Waals surface area contributed by atoms with Gasteiger partial charge in [-0.3, -0.25) is 0 Å². The van der Waals surface area contributed by atoms with E-state index < -0.39 is 0 Å². The maximum atomic E-state index is 0. The molecule has 0 aromatic carbocycles. The zero-order valence-corrected chi connectivity index (χ0v) is 5.19. The van der Waals surface area contributed by atoms with E-state index in [1.807, 2.05) is 0 Å². The monoisotopic (exact) mass is 123 g/mol. The second kappa shape index (κ2) is 28.3. The van der Waals surface area contributed by atoms with E-state index in [2.05, 4.69) is 0 Å². The second-order valence-corrected chi connectivity index (χ2v) is 0. The van der Waals surface area contributed by atoms with Crippen LogP contribution >= 0.6 is 0 Å². The minimum Gasteiger partial charge on any atom is 0 e. The van der Waals surface area contributed by atoms with Crippen LogP contribution in [0.15, 0.2) is 0 Å². The van der Waals surface area contributed by atoms with Gasteiger partial charge in [-0.05, 0) is 0 Å². The zero-order valence-electron chi connectivity index (χ0n) is 1.93. The van der Waals surface area contributed by atoms with Crippen molar-refractivity contribution in [1.82, 2.24) is 0 Å². The molecule has 4 heavy (non-hydrogen) atoms. The Morgan fingerprint density at radius 1 is 1.00 bits per heavy atom. The van der Waals surface area contributed by atoms with E-state index >= 15 is 0 Å². The van der Waals surface area contributed by atoms with Crippen molar-refractivity contribution in [3.63, 3.8) is 0 Å². The fraction of sp³-hybridized carbons (Fsp3) is 0. The van der Waals surface area contributed by atoms with E-state index in [4.69, 9.17) is 0 Å². The van der Waals surface area contributed by atoms with Gasteiger partial charge >= 0.3 is 0 Å². The summed E-state index contributed by atoms with van der Waals surface area (Å²) in [5.74, 6) is 0. The van der Waals surface area contributed by atoms with Gasteiger partial charge in [0.15, 0.2) is 0 Å². The summed E-state index contributed by atoms with van der Waals surface area (Å²) < 4.78 is 0. The molecule has 3 heteroatoms. The molecule has 11 radical (unpaired) electrons. The van der Waals surface area contributed by atoms with Gasteiger partial charge in [0.25, 0.3) is 0 Å². The van der Waals surface area contributed by atoms with E-state index in [0.717, 1.165) is 0 Å². The van der Waals surface area contributed by atoms with Crippen molar-refractivity contribution < 1.29 is 17.1 Å². The normalized spacial score (nSPS) is 0. The van der Waals surface area contributed by atoms with Gasteiger partial charge < -0.3 is 0 Å². The average molecular weight is 123 g/mol. The summed E-state index contributed by atoms with van der Waals surface area (Å²) >= 11 is 0. The Balaban J connectivity index is 0. The number of hydrogen-bond donors (Lipinski definition) is 0.